The van der Waals surface area contributed by atoms with Gasteiger partial charge < -0.3 is 16.0 Å². The third kappa shape index (κ3) is 3.46. The van der Waals surface area contributed by atoms with Crippen LogP contribution in [0.4, 0.5) is 4.79 Å². The van der Waals surface area contributed by atoms with Crippen LogP contribution in [0.2, 0.25) is 0 Å². The number of nitrogens with zero attached hydrogens (tertiary/aromatic N) is 1. The average Bonchev–Trinajstić information content (AvgIpc) is 2.74. The van der Waals surface area contributed by atoms with Gasteiger partial charge in [0.25, 0.3) is 5.91 Å². The molecule has 2 atom stereocenters. The molecule has 0 bridgehead atoms. The summed E-state index contributed by atoms with van der Waals surface area (Å²) in [5.74, 6) is -1.12. The average molecular weight is 324 g/mol. The number of rotatable bonds is 5. The molecule has 1 heterocycles. The number of likely N-dealkylation sites (N-methyl/N-ethyl adjacent to an activating group) is 1. The van der Waals surface area contributed by atoms with Crippen molar-refractivity contribution in [2.45, 2.75) is 45.1 Å². The van der Waals surface area contributed by atoms with E-state index in [4.69, 9.17) is 0 Å². The van der Waals surface area contributed by atoms with Gasteiger partial charge >= 0.3 is 6.03 Å². The first-order chi connectivity index (χ1) is 10.9. The number of hydrogen-bond acceptors (Lipinski definition) is 4. The SMILES string of the molecule is CCNC(=O)CNC(=O)CN1C(=O)N[C@@]2(CCCC[C@@H]2C)C1=O. The maximum Gasteiger partial charge on any atom is 0.325 e. The maximum absolute atomic E-state index is 12.7. The molecule has 2 aliphatic rings. The van der Waals surface area contributed by atoms with Crippen molar-refractivity contribution in [2.24, 2.45) is 5.92 Å². The van der Waals surface area contributed by atoms with Crippen LogP contribution in [0.3, 0.4) is 0 Å². The highest BCUT2D eigenvalue weighted by molar-refractivity contribution is 6.09. The van der Waals surface area contributed by atoms with Crippen molar-refractivity contribution >= 4 is 23.8 Å². The fraction of sp³-hybridized carbons (Fsp3) is 0.733. The number of urea groups is 1. The van der Waals surface area contributed by atoms with Crippen LogP contribution in [0, 0.1) is 5.92 Å². The zero-order chi connectivity index (χ0) is 17.0. The molecule has 1 aliphatic heterocycles. The molecule has 8 heteroatoms. The highest BCUT2D eigenvalue weighted by atomic mass is 16.2. The molecule has 2 rings (SSSR count). The molecule has 128 valence electrons. The minimum absolute atomic E-state index is 0.0519. The lowest BCUT2D eigenvalue weighted by Crippen LogP contribution is -2.54. The van der Waals surface area contributed by atoms with Gasteiger partial charge in [0, 0.05) is 6.54 Å². The van der Waals surface area contributed by atoms with Gasteiger partial charge in [0.05, 0.1) is 6.54 Å². The fourth-order valence-corrected chi connectivity index (χ4v) is 3.28. The van der Waals surface area contributed by atoms with E-state index in [1.807, 2.05) is 6.92 Å². The summed E-state index contributed by atoms with van der Waals surface area (Å²) in [4.78, 5) is 48.9. The summed E-state index contributed by atoms with van der Waals surface area (Å²) in [5, 5.41) is 7.75. The molecular weight excluding hydrogens is 300 g/mol. The number of carbonyl (C=O) groups is 4. The van der Waals surface area contributed by atoms with Crippen molar-refractivity contribution in [3.8, 4) is 0 Å². The maximum atomic E-state index is 12.7. The first-order valence-corrected chi connectivity index (χ1v) is 8.08. The summed E-state index contributed by atoms with van der Waals surface area (Å²) in [7, 11) is 0. The highest BCUT2D eigenvalue weighted by Crippen LogP contribution is 2.37. The largest absolute Gasteiger partial charge is 0.355 e. The summed E-state index contributed by atoms with van der Waals surface area (Å²) in [6.07, 6.45) is 3.41. The molecule has 1 saturated carbocycles. The van der Waals surface area contributed by atoms with Crippen molar-refractivity contribution in [3.63, 3.8) is 0 Å². The van der Waals surface area contributed by atoms with E-state index in [1.165, 1.54) is 0 Å². The predicted octanol–water partition coefficient (Wildman–Crippen LogP) is -0.261. The topological polar surface area (TPSA) is 108 Å². The van der Waals surface area contributed by atoms with E-state index in [0.717, 1.165) is 24.2 Å². The molecule has 3 N–H and O–H groups in total. The Morgan fingerprint density at radius 3 is 2.65 bits per heavy atom. The third-order valence-corrected chi connectivity index (χ3v) is 4.62. The van der Waals surface area contributed by atoms with Crippen LogP contribution >= 0.6 is 0 Å². The standard InChI is InChI=1S/C15H24N4O4/c1-3-16-11(20)8-17-12(21)9-19-13(22)15(18-14(19)23)7-5-4-6-10(15)2/h10H,3-9H2,1-2H3,(H,16,20)(H,17,21)(H,18,23)/t10-,15+/m0/s1. The molecule has 1 spiro atoms. The van der Waals surface area contributed by atoms with Gasteiger partial charge in [0.15, 0.2) is 0 Å². The van der Waals surface area contributed by atoms with E-state index < -0.39 is 17.5 Å². The zero-order valence-electron chi connectivity index (χ0n) is 13.6. The van der Waals surface area contributed by atoms with Gasteiger partial charge in [-0.15, -0.1) is 0 Å². The Balaban J connectivity index is 1.95. The monoisotopic (exact) mass is 324 g/mol. The van der Waals surface area contributed by atoms with Crippen LogP contribution in [-0.2, 0) is 14.4 Å². The quantitative estimate of drug-likeness (QED) is 0.606. The van der Waals surface area contributed by atoms with Crippen LogP contribution in [0.5, 0.6) is 0 Å². The Morgan fingerprint density at radius 1 is 1.26 bits per heavy atom. The van der Waals surface area contributed by atoms with Gasteiger partial charge in [0.1, 0.15) is 12.1 Å². The van der Waals surface area contributed by atoms with Crippen molar-refractivity contribution in [1.29, 1.82) is 0 Å². The Morgan fingerprint density at radius 2 is 2.00 bits per heavy atom. The smallest absolute Gasteiger partial charge is 0.325 e. The van der Waals surface area contributed by atoms with Gasteiger partial charge in [-0.3, -0.25) is 19.3 Å². The molecule has 0 unspecified atom stereocenters. The summed E-state index contributed by atoms with van der Waals surface area (Å²) in [6.45, 7) is 3.67. The highest BCUT2D eigenvalue weighted by Gasteiger charge is 2.55. The molecule has 8 nitrogen and oxygen atoms in total. The minimum atomic E-state index is -0.866. The summed E-state index contributed by atoms with van der Waals surface area (Å²) in [5.41, 5.74) is -0.866. The van der Waals surface area contributed by atoms with E-state index >= 15 is 0 Å². The zero-order valence-corrected chi connectivity index (χ0v) is 13.6. The number of imide groups is 1. The van der Waals surface area contributed by atoms with E-state index in [0.29, 0.717) is 13.0 Å². The molecule has 0 aromatic rings. The summed E-state index contributed by atoms with van der Waals surface area (Å²) < 4.78 is 0. The number of carbonyl (C=O) groups excluding carboxylic acids is 4. The van der Waals surface area contributed by atoms with Gasteiger partial charge in [0.2, 0.25) is 11.8 Å². The van der Waals surface area contributed by atoms with Crippen molar-refractivity contribution in [3.05, 3.63) is 0 Å². The molecule has 1 aliphatic carbocycles. The molecule has 0 aromatic heterocycles. The Bertz CT molecular complexity index is 522. The van der Waals surface area contributed by atoms with E-state index in [1.54, 1.807) is 6.92 Å². The lowest BCUT2D eigenvalue weighted by atomic mass is 9.73. The number of amides is 5. The Hall–Kier alpha value is -2.12. The second kappa shape index (κ2) is 6.97. The van der Waals surface area contributed by atoms with Crippen LogP contribution in [0.25, 0.3) is 0 Å². The van der Waals surface area contributed by atoms with Crippen LogP contribution in [0.1, 0.15) is 39.5 Å². The molecule has 0 aromatic carbocycles. The lowest BCUT2D eigenvalue weighted by Gasteiger charge is -2.36. The van der Waals surface area contributed by atoms with Crippen LogP contribution in [-0.4, -0.2) is 53.8 Å². The van der Waals surface area contributed by atoms with E-state index in [2.05, 4.69) is 16.0 Å². The molecule has 5 amide bonds. The van der Waals surface area contributed by atoms with Gasteiger partial charge in [-0.2, -0.15) is 0 Å². The van der Waals surface area contributed by atoms with Gasteiger partial charge in [-0.1, -0.05) is 19.8 Å². The predicted molar refractivity (Wildman–Crippen MR) is 82.3 cm³/mol. The second-order valence-electron chi connectivity index (χ2n) is 6.17. The van der Waals surface area contributed by atoms with E-state index in [-0.39, 0.29) is 30.8 Å². The second-order valence-corrected chi connectivity index (χ2v) is 6.17. The molecule has 23 heavy (non-hydrogen) atoms. The third-order valence-electron chi connectivity index (χ3n) is 4.62. The Kier molecular flexibility index (Phi) is 5.23. The van der Waals surface area contributed by atoms with Crippen molar-refractivity contribution in [1.82, 2.24) is 20.9 Å². The van der Waals surface area contributed by atoms with Gasteiger partial charge in [-0.05, 0) is 25.7 Å². The fourth-order valence-electron chi connectivity index (χ4n) is 3.28. The van der Waals surface area contributed by atoms with Gasteiger partial charge in [-0.25, -0.2) is 4.79 Å². The normalized spacial score (nSPS) is 27.0. The van der Waals surface area contributed by atoms with Crippen LogP contribution in [0.15, 0.2) is 0 Å². The lowest BCUT2D eigenvalue weighted by molar-refractivity contribution is -0.137. The molecule has 1 saturated heterocycles. The summed E-state index contributed by atoms with van der Waals surface area (Å²) in [6, 6.07) is -0.531. The van der Waals surface area contributed by atoms with E-state index in [9.17, 15) is 19.2 Å². The van der Waals surface area contributed by atoms with Crippen molar-refractivity contribution in [2.75, 3.05) is 19.6 Å². The Labute approximate surface area is 135 Å². The molecule has 0 radical (unpaired) electrons. The van der Waals surface area contributed by atoms with Crippen LogP contribution < -0.4 is 16.0 Å². The molecular formula is C15H24N4O4. The van der Waals surface area contributed by atoms with Crippen molar-refractivity contribution < 1.29 is 19.2 Å². The summed E-state index contributed by atoms with van der Waals surface area (Å²) >= 11 is 0. The number of nitrogens with one attached hydrogen (secondary N) is 3. The molecule has 2 fully saturated rings. The minimum Gasteiger partial charge on any atom is -0.355 e. The number of hydrogen-bond donors (Lipinski definition) is 3. The first-order valence-electron chi connectivity index (χ1n) is 8.08. The first kappa shape index (κ1) is 17.2.